The predicted octanol–water partition coefficient (Wildman–Crippen LogP) is 2.52. The number of aromatic nitrogens is 2. The van der Waals surface area contributed by atoms with Crippen LogP contribution in [0.1, 0.15) is 39.1 Å². The van der Waals surface area contributed by atoms with Crippen molar-refractivity contribution < 1.29 is 4.74 Å². The van der Waals surface area contributed by atoms with Gasteiger partial charge in [0.1, 0.15) is 5.69 Å². The quantitative estimate of drug-likeness (QED) is 0.726. The molecule has 80 valence electrons. The Morgan fingerprint density at radius 2 is 1.93 bits per heavy atom. The molecule has 14 heavy (non-hydrogen) atoms. The van der Waals surface area contributed by atoms with E-state index >= 15 is 0 Å². The minimum absolute atomic E-state index is 0.0720. The van der Waals surface area contributed by atoms with Crippen molar-refractivity contribution in [3.63, 3.8) is 0 Å². The maximum atomic E-state index is 5.40. The first kappa shape index (κ1) is 11.1. The summed E-state index contributed by atoms with van der Waals surface area (Å²) in [6.45, 7) is 11.5. The number of nitrogens with zero attached hydrogens (tertiary/aromatic N) is 2. The van der Waals surface area contributed by atoms with E-state index in [2.05, 4.69) is 32.8 Å². The topological polar surface area (TPSA) is 27.1 Å². The molecule has 0 aromatic carbocycles. The SMILES string of the molecule is CCn1nc(C)c(OC)c1C(C)(C)C. The summed E-state index contributed by atoms with van der Waals surface area (Å²) in [5.41, 5.74) is 2.22. The average Bonchev–Trinajstić information content (AvgIpc) is 2.40. The normalized spacial score (nSPS) is 11.9. The van der Waals surface area contributed by atoms with Crippen LogP contribution in [0, 0.1) is 6.92 Å². The molecule has 1 rings (SSSR count). The summed E-state index contributed by atoms with van der Waals surface area (Å²) >= 11 is 0. The third kappa shape index (κ3) is 1.76. The summed E-state index contributed by atoms with van der Waals surface area (Å²) in [6.07, 6.45) is 0. The smallest absolute Gasteiger partial charge is 0.163 e. The van der Waals surface area contributed by atoms with Crippen LogP contribution in [0.25, 0.3) is 0 Å². The molecule has 3 heteroatoms. The van der Waals surface area contributed by atoms with Crippen molar-refractivity contribution in [2.75, 3.05) is 7.11 Å². The third-order valence-electron chi connectivity index (χ3n) is 2.29. The molecule has 1 aromatic heterocycles. The van der Waals surface area contributed by atoms with Crippen LogP contribution in [0.15, 0.2) is 0 Å². The van der Waals surface area contributed by atoms with Crippen LogP contribution >= 0.6 is 0 Å². The van der Waals surface area contributed by atoms with E-state index in [9.17, 15) is 0 Å². The van der Waals surface area contributed by atoms with Crippen LogP contribution in [-0.4, -0.2) is 16.9 Å². The fraction of sp³-hybridized carbons (Fsp3) is 0.727. The van der Waals surface area contributed by atoms with Crippen LogP contribution < -0.4 is 4.74 Å². The molecular formula is C11H20N2O. The molecule has 0 fully saturated rings. The van der Waals surface area contributed by atoms with E-state index in [4.69, 9.17) is 4.74 Å². The fourth-order valence-corrected chi connectivity index (χ4v) is 1.77. The van der Waals surface area contributed by atoms with Crippen LogP contribution in [0.3, 0.4) is 0 Å². The Bertz CT molecular complexity index is 321. The highest BCUT2D eigenvalue weighted by Crippen LogP contribution is 2.33. The molecule has 3 nitrogen and oxygen atoms in total. The Morgan fingerprint density at radius 3 is 2.29 bits per heavy atom. The van der Waals surface area contributed by atoms with Gasteiger partial charge in [0, 0.05) is 12.0 Å². The highest BCUT2D eigenvalue weighted by atomic mass is 16.5. The van der Waals surface area contributed by atoms with Crippen LogP contribution in [0.5, 0.6) is 5.75 Å². The number of rotatable bonds is 2. The van der Waals surface area contributed by atoms with E-state index in [-0.39, 0.29) is 5.41 Å². The average molecular weight is 196 g/mol. The first-order valence-corrected chi connectivity index (χ1v) is 5.03. The maximum Gasteiger partial charge on any atom is 0.163 e. The van der Waals surface area contributed by atoms with E-state index in [1.54, 1.807) is 7.11 Å². The lowest BCUT2D eigenvalue weighted by Gasteiger charge is -2.21. The van der Waals surface area contributed by atoms with E-state index < -0.39 is 0 Å². The number of hydrogen-bond acceptors (Lipinski definition) is 2. The molecule has 0 saturated carbocycles. The van der Waals surface area contributed by atoms with E-state index in [0.29, 0.717) is 0 Å². The largest absolute Gasteiger partial charge is 0.493 e. The summed E-state index contributed by atoms with van der Waals surface area (Å²) in [5.74, 6) is 0.930. The zero-order valence-electron chi connectivity index (χ0n) is 10.0. The zero-order valence-corrected chi connectivity index (χ0v) is 10.0. The van der Waals surface area contributed by atoms with Gasteiger partial charge in [0.25, 0.3) is 0 Å². The zero-order chi connectivity index (χ0) is 10.9. The van der Waals surface area contributed by atoms with Crippen LogP contribution in [0.4, 0.5) is 0 Å². The molecule has 0 atom stereocenters. The third-order valence-corrected chi connectivity index (χ3v) is 2.29. The molecule has 1 heterocycles. The Labute approximate surface area is 86.1 Å². The summed E-state index contributed by atoms with van der Waals surface area (Å²) in [6, 6.07) is 0. The summed E-state index contributed by atoms with van der Waals surface area (Å²) in [4.78, 5) is 0. The van der Waals surface area contributed by atoms with Crippen molar-refractivity contribution >= 4 is 0 Å². The molecule has 0 spiro atoms. The van der Waals surface area contributed by atoms with E-state index in [0.717, 1.165) is 18.0 Å². The van der Waals surface area contributed by atoms with Gasteiger partial charge < -0.3 is 4.74 Å². The molecule has 0 saturated heterocycles. The lowest BCUT2D eigenvalue weighted by atomic mass is 9.91. The maximum absolute atomic E-state index is 5.40. The lowest BCUT2D eigenvalue weighted by molar-refractivity contribution is 0.387. The predicted molar refractivity (Wildman–Crippen MR) is 57.9 cm³/mol. The second kappa shape index (κ2) is 3.64. The minimum Gasteiger partial charge on any atom is -0.493 e. The van der Waals surface area contributed by atoms with Crippen molar-refractivity contribution in [2.45, 2.75) is 46.6 Å². The van der Waals surface area contributed by atoms with Crippen molar-refractivity contribution in [3.8, 4) is 5.75 Å². The molecule has 0 aliphatic heterocycles. The summed E-state index contributed by atoms with van der Waals surface area (Å²) in [5, 5.41) is 4.46. The number of aryl methyl sites for hydroxylation is 2. The molecule has 0 unspecified atom stereocenters. The van der Waals surface area contributed by atoms with Gasteiger partial charge in [0.2, 0.25) is 0 Å². The number of hydrogen-bond donors (Lipinski definition) is 0. The monoisotopic (exact) mass is 196 g/mol. The molecule has 0 aliphatic carbocycles. The second-order valence-corrected chi connectivity index (χ2v) is 4.53. The molecule has 0 radical (unpaired) electrons. The number of ether oxygens (including phenoxy) is 1. The van der Waals surface area contributed by atoms with Gasteiger partial charge >= 0.3 is 0 Å². The van der Waals surface area contributed by atoms with E-state index in [1.165, 1.54) is 5.69 Å². The minimum atomic E-state index is 0.0720. The number of methoxy groups -OCH3 is 1. The highest BCUT2D eigenvalue weighted by Gasteiger charge is 2.26. The Kier molecular flexibility index (Phi) is 2.88. The lowest BCUT2D eigenvalue weighted by Crippen LogP contribution is -2.18. The summed E-state index contributed by atoms with van der Waals surface area (Å²) < 4.78 is 7.42. The molecular weight excluding hydrogens is 176 g/mol. The van der Waals surface area contributed by atoms with Crippen LogP contribution in [0.2, 0.25) is 0 Å². The molecule has 0 N–H and O–H groups in total. The van der Waals surface area contributed by atoms with Gasteiger partial charge in [-0.2, -0.15) is 5.10 Å². The first-order valence-electron chi connectivity index (χ1n) is 5.03. The fourth-order valence-electron chi connectivity index (χ4n) is 1.77. The van der Waals surface area contributed by atoms with Crippen molar-refractivity contribution in [1.29, 1.82) is 0 Å². The molecule has 1 aromatic rings. The van der Waals surface area contributed by atoms with Crippen LogP contribution in [-0.2, 0) is 12.0 Å². The van der Waals surface area contributed by atoms with Gasteiger partial charge in [0.05, 0.1) is 12.8 Å². The molecule has 0 amide bonds. The standard InChI is InChI=1S/C11H20N2O/c1-7-13-10(11(3,4)5)9(14-6)8(2)12-13/h7H2,1-6H3. The van der Waals surface area contributed by atoms with E-state index in [1.807, 2.05) is 11.6 Å². The summed E-state index contributed by atoms with van der Waals surface area (Å²) in [7, 11) is 1.71. The van der Waals surface area contributed by atoms with Crippen molar-refractivity contribution in [2.24, 2.45) is 0 Å². The van der Waals surface area contributed by atoms with Crippen molar-refractivity contribution in [3.05, 3.63) is 11.4 Å². The molecule has 0 aliphatic rings. The highest BCUT2D eigenvalue weighted by molar-refractivity contribution is 5.37. The van der Waals surface area contributed by atoms with Gasteiger partial charge in [0.15, 0.2) is 5.75 Å². The van der Waals surface area contributed by atoms with Gasteiger partial charge in [-0.05, 0) is 13.8 Å². The molecule has 0 bridgehead atoms. The first-order chi connectivity index (χ1) is 6.41. The Balaban J connectivity index is 3.36. The van der Waals surface area contributed by atoms with Gasteiger partial charge in [-0.25, -0.2) is 0 Å². The van der Waals surface area contributed by atoms with Gasteiger partial charge in [-0.15, -0.1) is 0 Å². The van der Waals surface area contributed by atoms with Gasteiger partial charge in [-0.1, -0.05) is 20.8 Å². The second-order valence-electron chi connectivity index (χ2n) is 4.53. The Morgan fingerprint density at radius 1 is 1.36 bits per heavy atom. The Hall–Kier alpha value is -0.990. The van der Waals surface area contributed by atoms with Gasteiger partial charge in [-0.3, -0.25) is 4.68 Å². The van der Waals surface area contributed by atoms with Crippen molar-refractivity contribution in [1.82, 2.24) is 9.78 Å².